The zero-order valence-electron chi connectivity index (χ0n) is 33.9. The highest BCUT2D eigenvalue weighted by Gasteiger charge is 2.63. The van der Waals surface area contributed by atoms with Crippen molar-refractivity contribution < 1.29 is 64.5 Å². The lowest BCUT2D eigenvalue weighted by atomic mass is 10.0. The number of fused-ring (bicyclic) bond motifs is 5. The van der Waals surface area contributed by atoms with E-state index in [0.29, 0.717) is 75.0 Å². The first-order valence-corrected chi connectivity index (χ1v) is 21.6. The standard InChI is InChI=1S/C40H50F3N5O11S/c1-6-28-30(45-36(52)59-37(3,4)40(41,42)43)34(50)48-21-24(58-33-26-11-12-29-31(56-18-17-55-29)25(26)13-16-44-33)19-27(48)32(49)46-39(20-23(39)10-8-7-9-22(2)57-28)35(51)47-60(53,54)38(5)14-15-38/h8,10-13,16,22-24,27-28,30H,6-7,9,14-15,17-21H2,1-5H3,(H,45,52)(H,46,49)(H,47,51)/b10-8-/t22-,23-,24-,27+,28+,30+,39-/m1/s1. The van der Waals surface area contributed by atoms with E-state index in [-0.39, 0.29) is 31.7 Å². The molecule has 3 N–H and O–H groups in total. The Balaban J connectivity index is 1.24. The lowest BCUT2D eigenvalue weighted by molar-refractivity contribution is -0.244. The van der Waals surface area contributed by atoms with Crippen molar-refractivity contribution in [3.05, 3.63) is 36.5 Å². The van der Waals surface area contributed by atoms with Crippen molar-refractivity contribution in [2.45, 2.75) is 132 Å². The second kappa shape index (κ2) is 15.9. The molecule has 0 radical (unpaired) electrons. The molecule has 4 heterocycles. The average molecular weight is 866 g/mol. The van der Waals surface area contributed by atoms with Crippen molar-refractivity contribution in [2.24, 2.45) is 5.92 Å². The Bertz CT molecular complexity index is 2180. The fourth-order valence-electron chi connectivity index (χ4n) is 7.74. The summed E-state index contributed by atoms with van der Waals surface area (Å²) < 4.78 is 98.0. The van der Waals surface area contributed by atoms with Gasteiger partial charge >= 0.3 is 12.3 Å². The average Bonchev–Trinajstić information content (AvgIpc) is 4.07. The first-order valence-electron chi connectivity index (χ1n) is 20.1. The molecule has 3 aliphatic heterocycles. The van der Waals surface area contributed by atoms with Crippen LogP contribution in [0.25, 0.3) is 10.8 Å². The molecule has 7 atom stereocenters. The number of aromatic nitrogens is 1. The van der Waals surface area contributed by atoms with Crippen LogP contribution in [0.3, 0.4) is 0 Å². The molecule has 7 rings (SSSR count). The van der Waals surface area contributed by atoms with Gasteiger partial charge in [-0.3, -0.25) is 19.1 Å². The molecule has 60 heavy (non-hydrogen) atoms. The second-order valence-electron chi connectivity index (χ2n) is 16.9. The highest BCUT2D eigenvalue weighted by atomic mass is 32.2. The maximum absolute atomic E-state index is 14.9. The van der Waals surface area contributed by atoms with E-state index in [1.807, 2.05) is 0 Å². The molecule has 2 saturated carbocycles. The molecule has 2 aromatic rings. The van der Waals surface area contributed by atoms with Crippen LogP contribution in [0, 0.1) is 5.92 Å². The Hall–Kier alpha value is -4.85. The van der Waals surface area contributed by atoms with Gasteiger partial charge in [-0.2, -0.15) is 13.2 Å². The van der Waals surface area contributed by atoms with Gasteiger partial charge in [0.2, 0.25) is 33.3 Å². The van der Waals surface area contributed by atoms with E-state index in [2.05, 4.69) is 20.3 Å². The van der Waals surface area contributed by atoms with E-state index >= 15 is 0 Å². The minimum Gasteiger partial charge on any atom is -0.486 e. The van der Waals surface area contributed by atoms with E-state index in [1.54, 1.807) is 44.2 Å². The number of hydrogen-bond donors (Lipinski definition) is 3. The van der Waals surface area contributed by atoms with E-state index < -0.39 is 92.2 Å². The molecular weight excluding hydrogens is 816 g/mol. The second-order valence-corrected chi connectivity index (χ2v) is 19.1. The molecule has 5 aliphatic rings. The van der Waals surface area contributed by atoms with Crippen LogP contribution in [0.4, 0.5) is 18.0 Å². The number of ether oxygens (including phenoxy) is 5. The van der Waals surface area contributed by atoms with Crippen LogP contribution in [0.2, 0.25) is 0 Å². The number of amides is 4. The number of carbonyl (C=O) groups is 4. The van der Waals surface area contributed by atoms with Gasteiger partial charge in [-0.05, 0) is 84.4 Å². The Morgan fingerprint density at radius 1 is 1.10 bits per heavy atom. The fourth-order valence-corrected chi connectivity index (χ4v) is 9.05. The summed E-state index contributed by atoms with van der Waals surface area (Å²) in [6.45, 7) is 6.68. The van der Waals surface area contributed by atoms with Gasteiger partial charge in [0.1, 0.15) is 36.9 Å². The van der Waals surface area contributed by atoms with Crippen LogP contribution in [-0.2, 0) is 33.9 Å². The molecule has 328 valence electrons. The topological polar surface area (TPSA) is 201 Å². The first-order chi connectivity index (χ1) is 28.2. The van der Waals surface area contributed by atoms with Crippen molar-refractivity contribution in [1.29, 1.82) is 0 Å². The van der Waals surface area contributed by atoms with Crippen molar-refractivity contribution in [2.75, 3.05) is 19.8 Å². The molecule has 3 fully saturated rings. The lowest BCUT2D eigenvalue weighted by Crippen LogP contribution is -2.61. The van der Waals surface area contributed by atoms with Gasteiger partial charge in [0.15, 0.2) is 11.5 Å². The number of halogens is 3. The summed E-state index contributed by atoms with van der Waals surface area (Å²) in [4.78, 5) is 62.2. The van der Waals surface area contributed by atoms with Crippen LogP contribution in [0.5, 0.6) is 17.4 Å². The third kappa shape index (κ3) is 8.40. The number of alkyl halides is 3. The first kappa shape index (κ1) is 43.2. The Labute approximate surface area is 345 Å². The zero-order valence-corrected chi connectivity index (χ0v) is 34.7. The van der Waals surface area contributed by atoms with E-state index in [9.17, 15) is 40.8 Å². The quantitative estimate of drug-likeness (QED) is 0.320. The van der Waals surface area contributed by atoms with Crippen LogP contribution >= 0.6 is 0 Å². The van der Waals surface area contributed by atoms with Crippen molar-refractivity contribution >= 4 is 44.6 Å². The van der Waals surface area contributed by atoms with Crippen LogP contribution in [-0.4, -0.2) is 114 Å². The number of nitrogens with one attached hydrogen (secondary N) is 3. The summed E-state index contributed by atoms with van der Waals surface area (Å²) in [6.07, 6.45) is -2.48. The maximum atomic E-state index is 14.9. The number of pyridine rings is 1. The predicted molar refractivity (Wildman–Crippen MR) is 207 cm³/mol. The van der Waals surface area contributed by atoms with E-state index in [0.717, 1.165) is 4.90 Å². The minimum absolute atomic E-state index is 0.0684. The number of benzene rings is 1. The van der Waals surface area contributed by atoms with E-state index in [1.165, 1.54) is 13.1 Å². The van der Waals surface area contributed by atoms with Crippen LogP contribution in [0.15, 0.2) is 36.5 Å². The summed E-state index contributed by atoms with van der Waals surface area (Å²) in [5.74, 6) is -2.06. The normalized spacial score (nSPS) is 29.8. The number of nitrogens with zero attached hydrogens (tertiary/aromatic N) is 2. The minimum atomic E-state index is -4.95. The maximum Gasteiger partial charge on any atom is 0.427 e. The zero-order chi connectivity index (χ0) is 43.4. The number of carbonyl (C=O) groups excluding carboxylic acids is 4. The van der Waals surface area contributed by atoms with Crippen molar-refractivity contribution in [1.82, 2.24) is 25.2 Å². The van der Waals surface area contributed by atoms with Crippen molar-refractivity contribution in [3.8, 4) is 17.4 Å². The molecule has 20 heteroatoms. The van der Waals surface area contributed by atoms with Gasteiger partial charge in [-0.25, -0.2) is 18.2 Å². The highest BCUT2D eigenvalue weighted by molar-refractivity contribution is 7.91. The van der Waals surface area contributed by atoms with Crippen molar-refractivity contribution in [3.63, 3.8) is 0 Å². The Kier molecular flexibility index (Phi) is 11.4. The van der Waals surface area contributed by atoms with E-state index in [4.69, 9.17) is 23.7 Å². The summed E-state index contributed by atoms with van der Waals surface area (Å²) in [7, 11) is -4.10. The van der Waals surface area contributed by atoms with Crippen LogP contribution < -0.4 is 29.6 Å². The molecule has 1 saturated heterocycles. The third-order valence-electron chi connectivity index (χ3n) is 12.0. The number of rotatable bonds is 8. The largest absolute Gasteiger partial charge is 0.486 e. The summed E-state index contributed by atoms with van der Waals surface area (Å²) in [6, 6.07) is 2.12. The number of allylic oxidation sites excluding steroid dienone is 1. The van der Waals surface area contributed by atoms with Gasteiger partial charge < -0.3 is 39.2 Å². The summed E-state index contributed by atoms with van der Waals surface area (Å²) >= 11 is 0. The van der Waals surface area contributed by atoms with Gasteiger partial charge in [0, 0.05) is 29.3 Å². The highest BCUT2D eigenvalue weighted by Crippen LogP contribution is 2.48. The molecular formula is C40H50F3N5O11S. The predicted octanol–water partition coefficient (Wildman–Crippen LogP) is 4.20. The molecule has 4 amide bonds. The smallest absolute Gasteiger partial charge is 0.427 e. The van der Waals surface area contributed by atoms with Gasteiger partial charge in [0.05, 0.1) is 23.5 Å². The number of sulfonamides is 1. The molecule has 1 aromatic heterocycles. The third-order valence-corrected chi connectivity index (χ3v) is 14.2. The van der Waals surface area contributed by atoms with Gasteiger partial charge in [-0.1, -0.05) is 19.1 Å². The van der Waals surface area contributed by atoms with Gasteiger partial charge in [0.25, 0.3) is 5.91 Å². The molecule has 16 nitrogen and oxygen atoms in total. The SMILES string of the molecule is CC[C@@H]1O[C@H](C)CC/C=C\[C@@H]2C[C@@]2(C(=O)NS(=O)(=O)C2(C)CC2)NC(=O)[C@@H]2C[C@@H](Oc3nccc4c5c(ccc34)OCCO5)CN2C(=O)[C@H]1NC(=O)OC(C)(C)C(F)(F)F. The monoisotopic (exact) mass is 865 g/mol. The molecule has 0 unspecified atom stereocenters. The fraction of sp³-hybridized carbons (Fsp3) is 0.625. The molecule has 0 bridgehead atoms. The molecule has 0 spiro atoms. The lowest BCUT2D eigenvalue weighted by Gasteiger charge is -2.35. The summed E-state index contributed by atoms with van der Waals surface area (Å²) in [5, 5.41) is 6.27. The van der Waals surface area contributed by atoms with Crippen LogP contribution in [0.1, 0.15) is 79.6 Å². The molecule has 2 aliphatic carbocycles. The summed E-state index contributed by atoms with van der Waals surface area (Å²) in [5.41, 5.74) is -4.62. The van der Waals surface area contributed by atoms with Gasteiger partial charge in [-0.15, -0.1) is 0 Å². The Morgan fingerprint density at radius 2 is 1.83 bits per heavy atom. The Morgan fingerprint density at radius 3 is 2.53 bits per heavy atom. The number of alkyl carbamates (subject to hydrolysis) is 1. The molecule has 1 aromatic carbocycles. The number of hydrogen-bond acceptors (Lipinski definition) is 12.